The minimum Gasteiger partial charge on any atom is -0.497 e. The second-order valence-electron chi connectivity index (χ2n) is 6.70. The van der Waals surface area contributed by atoms with Gasteiger partial charge in [-0.3, -0.25) is 0 Å². The van der Waals surface area contributed by atoms with Gasteiger partial charge in [0.15, 0.2) is 0 Å². The van der Waals surface area contributed by atoms with Gasteiger partial charge < -0.3 is 29.9 Å². The third-order valence-electron chi connectivity index (χ3n) is 4.83. The zero-order valence-electron chi connectivity index (χ0n) is 14.9. The Bertz CT molecular complexity index is 781. The van der Waals surface area contributed by atoms with E-state index in [1.165, 1.54) is 6.07 Å². The molecule has 1 saturated heterocycles. The van der Waals surface area contributed by atoms with Crippen molar-refractivity contribution in [3.8, 4) is 5.75 Å². The topological polar surface area (TPSA) is 99.4 Å². The van der Waals surface area contributed by atoms with Crippen molar-refractivity contribution in [1.29, 1.82) is 0 Å². The largest absolute Gasteiger partial charge is 0.497 e. The highest BCUT2D eigenvalue weighted by Crippen LogP contribution is 2.37. The van der Waals surface area contributed by atoms with Gasteiger partial charge in [0, 0.05) is 17.0 Å². The van der Waals surface area contributed by atoms with Crippen LogP contribution in [0.1, 0.15) is 23.1 Å². The maximum atomic E-state index is 10.9. The highest BCUT2D eigenvalue weighted by molar-refractivity contribution is 6.31. The van der Waals surface area contributed by atoms with Gasteiger partial charge in [0.1, 0.15) is 11.9 Å². The molecule has 0 amide bonds. The van der Waals surface area contributed by atoms with Gasteiger partial charge in [-0.1, -0.05) is 29.8 Å². The maximum absolute atomic E-state index is 10.9. The standard InChI is InChI=1S/C20H23ClO6/c1-26-15-5-2-12(3-6-15)8-13-9-14(4-7-17(13)21)20(25)19(24)18(23)10-16(11-22)27-20/h2-7,9,16,18-19,22-25H,8,10-11H2,1H3/t16-,18-,19+,20-/m0/s1. The summed E-state index contributed by atoms with van der Waals surface area (Å²) in [5.74, 6) is -1.39. The molecule has 4 atom stereocenters. The summed E-state index contributed by atoms with van der Waals surface area (Å²) in [6.45, 7) is -0.377. The Morgan fingerprint density at radius 3 is 2.52 bits per heavy atom. The molecule has 0 bridgehead atoms. The van der Waals surface area contributed by atoms with E-state index in [9.17, 15) is 20.4 Å². The quantitative estimate of drug-likeness (QED) is 0.614. The summed E-state index contributed by atoms with van der Waals surface area (Å²) in [6.07, 6.45) is -3.02. The SMILES string of the molecule is COc1ccc(Cc2cc([C@]3(O)O[C@H](CO)C[C@H](O)[C@H]3O)ccc2Cl)cc1. The lowest BCUT2D eigenvalue weighted by Gasteiger charge is -2.43. The molecule has 0 aliphatic carbocycles. The minimum atomic E-state index is -2.13. The fourth-order valence-corrected chi connectivity index (χ4v) is 3.46. The van der Waals surface area contributed by atoms with Crippen molar-refractivity contribution in [3.05, 3.63) is 64.2 Å². The van der Waals surface area contributed by atoms with Gasteiger partial charge in [-0.15, -0.1) is 0 Å². The van der Waals surface area contributed by atoms with Crippen LogP contribution in [0.4, 0.5) is 0 Å². The molecule has 1 fully saturated rings. The van der Waals surface area contributed by atoms with Crippen LogP contribution in [-0.2, 0) is 16.9 Å². The Kier molecular flexibility index (Phi) is 6.05. The lowest BCUT2D eigenvalue weighted by atomic mass is 9.88. The number of benzene rings is 2. The van der Waals surface area contributed by atoms with Crippen molar-refractivity contribution >= 4 is 11.6 Å². The number of aliphatic hydroxyl groups is 4. The summed E-state index contributed by atoms with van der Waals surface area (Å²) >= 11 is 6.31. The molecular weight excluding hydrogens is 372 g/mol. The minimum absolute atomic E-state index is 0.0340. The Hall–Kier alpha value is -1.67. The number of aliphatic hydroxyl groups excluding tert-OH is 3. The molecule has 0 spiro atoms. The molecule has 4 N–H and O–H groups in total. The van der Waals surface area contributed by atoms with Crippen molar-refractivity contribution in [3.63, 3.8) is 0 Å². The van der Waals surface area contributed by atoms with Crippen molar-refractivity contribution in [1.82, 2.24) is 0 Å². The molecule has 1 aliphatic rings. The van der Waals surface area contributed by atoms with E-state index in [-0.39, 0.29) is 18.6 Å². The summed E-state index contributed by atoms with van der Waals surface area (Å²) in [4.78, 5) is 0. The second-order valence-corrected chi connectivity index (χ2v) is 7.11. The number of ether oxygens (including phenoxy) is 2. The normalized spacial score (nSPS) is 28.1. The van der Waals surface area contributed by atoms with Gasteiger partial charge in [0.25, 0.3) is 0 Å². The summed E-state index contributed by atoms with van der Waals surface area (Å²) in [6, 6.07) is 12.3. The maximum Gasteiger partial charge on any atom is 0.222 e. The second kappa shape index (κ2) is 8.14. The first-order chi connectivity index (χ1) is 12.9. The van der Waals surface area contributed by atoms with Crippen LogP contribution in [0.5, 0.6) is 5.75 Å². The lowest BCUT2D eigenvalue weighted by Crippen LogP contribution is -2.56. The first kappa shape index (κ1) is 20.1. The van der Waals surface area contributed by atoms with Crippen LogP contribution < -0.4 is 4.74 Å². The van der Waals surface area contributed by atoms with Gasteiger partial charge in [-0.25, -0.2) is 0 Å². The number of methoxy groups -OCH3 is 1. The van der Waals surface area contributed by atoms with Crippen LogP contribution in [0, 0.1) is 0 Å². The van der Waals surface area contributed by atoms with Crippen molar-refractivity contribution in [2.75, 3.05) is 13.7 Å². The van der Waals surface area contributed by atoms with Crippen LogP contribution in [-0.4, -0.2) is 52.5 Å². The van der Waals surface area contributed by atoms with Gasteiger partial charge in [-0.2, -0.15) is 0 Å². The molecule has 0 saturated carbocycles. The molecule has 7 heteroatoms. The summed E-state index contributed by atoms with van der Waals surface area (Å²) < 4.78 is 10.7. The third kappa shape index (κ3) is 4.11. The van der Waals surface area contributed by atoms with Crippen LogP contribution in [0.25, 0.3) is 0 Å². The number of rotatable bonds is 5. The van der Waals surface area contributed by atoms with Crippen LogP contribution in [0.15, 0.2) is 42.5 Å². The van der Waals surface area contributed by atoms with E-state index >= 15 is 0 Å². The molecule has 6 nitrogen and oxygen atoms in total. The molecule has 27 heavy (non-hydrogen) atoms. The van der Waals surface area contributed by atoms with Crippen molar-refractivity contribution < 1.29 is 29.9 Å². The van der Waals surface area contributed by atoms with E-state index in [4.69, 9.17) is 21.1 Å². The average molecular weight is 395 g/mol. The van der Waals surface area contributed by atoms with Gasteiger partial charge >= 0.3 is 0 Å². The first-order valence-corrected chi connectivity index (χ1v) is 9.04. The lowest BCUT2D eigenvalue weighted by molar-refractivity contribution is -0.334. The smallest absolute Gasteiger partial charge is 0.222 e. The van der Waals surface area contributed by atoms with Gasteiger partial charge in [0.2, 0.25) is 5.79 Å². The summed E-state index contributed by atoms with van der Waals surface area (Å²) in [5.41, 5.74) is 1.98. The molecular formula is C20H23ClO6. The Balaban J connectivity index is 1.91. The Morgan fingerprint density at radius 2 is 1.89 bits per heavy atom. The van der Waals surface area contributed by atoms with Gasteiger partial charge in [0.05, 0.1) is 25.9 Å². The zero-order chi connectivity index (χ0) is 19.6. The monoisotopic (exact) mass is 394 g/mol. The Morgan fingerprint density at radius 1 is 1.19 bits per heavy atom. The fraction of sp³-hybridized carbons (Fsp3) is 0.400. The molecule has 146 valence electrons. The van der Waals surface area contributed by atoms with Crippen LogP contribution in [0.3, 0.4) is 0 Å². The van der Waals surface area contributed by atoms with E-state index in [0.717, 1.165) is 16.9 Å². The number of halogens is 1. The molecule has 2 aromatic rings. The van der Waals surface area contributed by atoms with E-state index in [1.807, 2.05) is 24.3 Å². The predicted octanol–water partition coefficient (Wildman–Crippen LogP) is 1.59. The molecule has 0 radical (unpaired) electrons. The molecule has 0 unspecified atom stereocenters. The van der Waals surface area contributed by atoms with E-state index in [2.05, 4.69) is 0 Å². The average Bonchev–Trinajstić information content (AvgIpc) is 2.68. The van der Waals surface area contributed by atoms with Crippen molar-refractivity contribution in [2.45, 2.75) is 36.9 Å². The van der Waals surface area contributed by atoms with E-state index in [0.29, 0.717) is 11.4 Å². The molecule has 0 aromatic heterocycles. The number of hydrogen-bond donors (Lipinski definition) is 4. The van der Waals surface area contributed by atoms with Crippen molar-refractivity contribution in [2.24, 2.45) is 0 Å². The molecule has 2 aromatic carbocycles. The van der Waals surface area contributed by atoms with Gasteiger partial charge in [-0.05, 0) is 41.8 Å². The third-order valence-corrected chi connectivity index (χ3v) is 5.20. The predicted molar refractivity (Wildman–Crippen MR) is 99.7 cm³/mol. The first-order valence-electron chi connectivity index (χ1n) is 8.66. The van der Waals surface area contributed by atoms with Crippen LogP contribution >= 0.6 is 11.6 Å². The summed E-state index contributed by atoms with van der Waals surface area (Å²) in [5, 5.41) is 41.1. The molecule has 3 rings (SSSR count). The highest BCUT2D eigenvalue weighted by atomic mass is 35.5. The Labute approximate surface area is 162 Å². The molecule has 1 aliphatic heterocycles. The fourth-order valence-electron chi connectivity index (χ4n) is 3.28. The summed E-state index contributed by atoms with van der Waals surface area (Å²) in [7, 11) is 1.60. The van der Waals surface area contributed by atoms with E-state index in [1.54, 1.807) is 19.2 Å². The van der Waals surface area contributed by atoms with Crippen LogP contribution in [0.2, 0.25) is 5.02 Å². The molecule has 1 heterocycles. The zero-order valence-corrected chi connectivity index (χ0v) is 15.6. The highest BCUT2D eigenvalue weighted by Gasteiger charge is 2.49. The van der Waals surface area contributed by atoms with E-state index < -0.39 is 24.1 Å². The number of hydrogen-bond acceptors (Lipinski definition) is 6.